The molecule has 0 spiro atoms. The lowest BCUT2D eigenvalue weighted by atomic mass is 9.92. The number of nitrogens with zero attached hydrogens (tertiary/aromatic N) is 4. The molecule has 1 aliphatic rings. The van der Waals surface area contributed by atoms with Crippen LogP contribution in [0.2, 0.25) is 0 Å². The SMILES string of the molecule is COC1(C)CCN(c2c(C#N)c(=O)n(C(C)O)c3cnccc23)CC1. The van der Waals surface area contributed by atoms with Gasteiger partial charge in [-0.1, -0.05) is 0 Å². The minimum absolute atomic E-state index is 0.0561. The molecule has 0 aliphatic carbocycles. The fourth-order valence-electron chi connectivity index (χ4n) is 3.45. The number of ether oxygens (including phenoxy) is 1. The topological polar surface area (TPSA) is 91.4 Å². The first-order chi connectivity index (χ1) is 11.9. The third kappa shape index (κ3) is 2.88. The summed E-state index contributed by atoms with van der Waals surface area (Å²) in [5.41, 5.74) is 0.528. The highest BCUT2D eigenvalue weighted by atomic mass is 16.5. The van der Waals surface area contributed by atoms with Crippen LogP contribution in [0.25, 0.3) is 10.9 Å². The van der Waals surface area contributed by atoms with Gasteiger partial charge in [0.15, 0.2) is 0 Å². The summed E-state index contributed by atoms with van der Waals surface area (Å²) < 4.78 is 6.80. The Balaban J connectivity index is 2.21. The van der Waals surface area contributed by atoms with Crippen LogP contribution in [0.5, 0.6) is 0 Å². The number of aliphatic hydroxyl groups is 1. The molecule has 0 bridgehead atoms. The van der Waals surface area contributed by atoms with Gasteiger partial charge in [0.05, 0.1) is 23.0 Å². The first-order valence-corrected chi connectivity index (χ1v) is 8.32. The molecule has 1 atom stereocenters. The molecule has 0 amide bonds. The molecule has 2 aromatic rings. The number of aliphatic hydroxyl groups excluding tert-OH is 1. The predicted molar refractivity (Wildman–Crippen MR) is 94.5 cm³/mol. The van der Waals surface area contributed by atoms with E-state index < -0.39 is 11.8 Å². The van der Waals surface area contributed by atoms with Crippen molar-refractivity contribution in [3.8, 4) is 6.07 Å². The van der Waals surface area contributed by atoms with Crippen molar-refractivity contribution < 1.29 is 9.84 Å². The molecule has 7 nitrogen and oxygen atoms in total. The molecule has 1 saturated heterocycles. The third-order valence-electron chi connectivity index (χ3n) is 5.10. The van der Waals surface area contributed by atoms with E-state index in [2.05, 4.69) is 16.8 Å². The lowest BCUT2D eigenvalue weighted by Gasteiger charge is -2.40. The van der Waals surface area contributed by atoms with Gasteiger partial charge < -0.3 is 14.7 Å². The molecule has 1 aliphatic heterocycles. The van der Waals surface area contributed by atoms with Gasteiger partial charge in [-0.05, 0) is 32.8 Å². The van der Waals surface area contributed by atoms with Gasteiger partial charge in [0.25, 0.3) is 5.56 Å². The van der Waals surface area contributed by atoms with Crippen LogP contribution < -0.4 is 10.5 Å². The zero-order chi connectivity index (χ0) is 18.2. The van der Waals surface area contributed by atoms with Gasteiger partial charge in [-0.15, -0.1) is 0 Å². The number of hydrogen-bond acceptors (Lipinski definition) is 6. The van der Waals surface area contributed by atoms with Crippen LogP contribution in [0.4, 0.5) is 5.69 Å². The highest BCUT2D eigenvalue weighted by molar-refractivity contribution is 5.94. The summed E-state index contributed by atoms with van der Waals surface area (Å²) >= 11 is 0. The van der Waals surface area contributed by atoms with E-state index in [1.54, 1.807) is 25.6 Å². The average molecular weight is 342 g/mol. The van der Waals surface area contributed by atoms with Crippen LogP contribution >= 0.6 is 0 Å². The Hall–Kier alpha value is -2.43. The Labute approximate surface area is 146 Å². The zero-order valence-corrected chi connectivity index (χ0v) is 14.7. The first-order valence-electron chi connectivity index (χ1n) is 8.32. The van der Waals surface area contributed by atoms with Crippen LogP contribution in [0.1, 0.15) is 38.5 Å². The quantitative estimate of drug-likeness (QED) is 0.914. The number of methoxy groups -OCH3 is 1. The monoisotopic (exact) mass is 342 g/mol. The Bertz CT molecular complexity index is 890. The van der Waals surface area contributed by atoms with E-state index >= 15 is 0 Å². The van der Waals surface area contributed by atoms with E-state index in [4.69, 9.17) is 4.74 Å². The number of aromatic nitrogens is 2. The molecular weight excluding hydrogens is 320 g/mol. The van der Waals surface area contributed by atoms with E-state index in [-0.39, 0.29) is 11.2 Å². The lowest BCUT2D eigenvalue weighted by Crippen LogP contribution is -2.44. The van der Waals surface area contributed by atoms with Crippen molar-refractivity contribution in [3.63, 3.8) is 0 Å². The zero-order valence-electron chi connectivity index (χ0n) is 14.7. The summed E-state index contributed by atoms with van der Waals surface area (Å²) in [7, 11) is 1.71. The molecule has 0 saturated carbocycles. The number of fused-ring (bicyclic) bond motifs is 1. The van der Waals surface area contributed by atoms with E-state index in [1.165, 1.54) is 11.5 Å². The molecule has 0 radical (unpaired) electrons. The molecule has 1 unspecified atom stereocenters. The second-order valence-corrected chi connectivity index (χ2v) is 6.68. The molecule has 1 N–H and O–H groups in total. The molecule has 2 aromatic heterocycles. The van der Waals surface area contributed by atoms with Crippen molar-refractivity contribution in [2.45, 2.75) is 38.5 Å². The van der Waals surface area contributed by atoms with Gasteiger partial charge in [0.1, 0.15) is 17.9 Å². The molecule has 25 heavy (non-hydrogen) atoms. The summed E-state index contributed by atoms with van der Waals surface area (Å²) in [6, 6.07) is 3.83. The van der Waals surface area contributed by atoms with Crippen molar-refractivity contribution in [1.29, 1.82) is 5.26 Å². The number of hydrogen-bond donors (Lipinski definition) is 1. The molecule has 3 heterocycles. The first kappa shape index (κ1) is 17.4. The van der Waals surface area contributed by atoms with Crippen LogP contribution in [-0.2, 0) is 4.74 Å². The largest absolute Gasteiger partial charge is 0.378 e. The van der Waals surface area contributed by atoms with Crippen molar-refractivity contribution in [3.05, 3.63) is 34.4 Å². The van der Waals surface area contributed by atoms with Crippen LogP contribution in [0, 0.1) is 11.3 Å². The van der Waals surface area contributed by atoms with Gasteiger partial charge in [0.2, 0.25) is 0 Å². The maximum absolute atomic E-state index is 12.8. The third-order valence-corrected chi connectivity index (χ3v) is 5.10. The van der Waals surface area contributed by atoms with E-state index in [0.717, 1.165) is 18.2 Å². The standard InChI is InChI=1S/C18H22N4O3/c1-12(23)22-15-11-20-7-4-13(15)16(14(10-19)17(22)24)21-8-5-18(2,25-3)6-9-21/h4,7,11-12,23H,5-6,8-9H2,1-3H3. The van der Waals surface area contributed by atoms with Crippen molar-refractivity contribution in [1.82, 2.24) is 9.55 Å². The normalized spacial score (nSPS) is 18.1. The second-order valence-electron chi connectivity index (χ2n) is 6.68. The number of nitriles is 1. The number of rotatable bonds is 3. The molecule has 3 rings (SSSR count). The maximum Gasteiger partial charge on any atom is 0.273 e. The van der Waals surface area contributed by atoms with Gasteiger partial charge in [-0.25, -0.2) is 0 Å². The summed E-state index contributed by atoms with van der Waals surface area (Å²) in [5.74, 6) is 0. The van der Waals surface area contributed by atoms with Crippen LogP contribution in [0.3, 0.4) is 0 Å². The molecular formula is C18H22N4O3. The number of anilines is 1. The summed E-state index contributed by atoms with van der Waals surface area (Å²) in [6.45, 7) is 4.95. The smallest absolute Gasteiger partial charge is 0.273 e. The van der Waals surface area contributed by atoms with E-state index in [9.17, 15) is 15.2 Å². The molecule has 132 valence electrons. The van der Waals surface area contributed by atoms with Crippen LogP contribution in [-0.4, -0.2) is 40.5 Å². The Morgan fingerprint density at radius 3 is 2.68 bits per heavy atom. The fraction of sp³-hybridized carbons (Fsp3) is 0.500. The van der Waals surface area contributed by atoms with Crippen LogP contribution in [0.15, 0.2) is 23.3 Å². The maximum atomic E-state index is 12.8. The summed E-state index contributed by atoms with van der Waals surface area (Å²) in [6.07, 6.45) is 3.75. The predicted octanol–water partition coefficient (Wildman–Crippen LogP) is 1.78. The van der Waals surface area contributed by atoms with Gasteiger partial charge in [0, 0.05) is 31.8 Å². The summed E-state index contributed by atoms with van der Waals surface area (Å²) in [4.78, 5) is 19.0. The summed E-state index contributed by atoms with van der Waals surface area (Å²) in [5, 5.41) is 20.4. The lowest BCUT2D eigenvalue weighted by molar-refractivity contribution is -0.0132. The van der Waals surface area contributed by atoms with Gasteiger partial charge >= 0.3 is 0 Å². The number of pyridine rings is 2. The Morgan fingerprint density at radius 2 is 2.12 bits per heavy atom. The fourth-order valence-corrected chi connectivity index (χ4v) is 3.45. The Morgan fingerprint density at radius 1 is 1.44 bits per heavy atom. The highest BCUT2D eigenvalue weighted by Gasteiger charge is 2.32. The molecule has 1 fully saturated rings. The van der Waals surface area contributed by atoms with Crippen molar-refractivity contribution in [2.75, 3.05) is 25.1 Å². The number of piperidine rings is 1. The second kappa shape index (κ2) is 6.47. The van der Waals surface area contributed by atoms with E-state index in [0.29, 0.717) is 24.3 Å². The molecule has 0 aromatic carbocycles. The minimum Gasteiger partial charge on any atom is -0.378 e. The molecule has 7 heteroatoms. The van der Waals surface area contributed by atoms with Gasteiger partial charge in [-0.2, -0.15) is 5.26 Å². The average Bonchev–Trinajstić information content (AvgIpc) is 2.61. The Kier molecular flexibility index (Phi) is 4.50. The highest BCUT2D eigenvalue weighted by Crippen LogP contribution is 2.34. The van der Waals surface area contributed by atoms with Crippen molar-refractivity contribution in [2.24, 2.45) is 0 Å². The van der Waals surface area contributed by atoms with E-state index in [1.807, 2.05) is 6.07 Å². The van der Waals surface area contributed by atoms with Crippen molar-refractivity contribution >= 4 is 16.6 Å². The van der Waals surface area contributed by atoms with Gasteiger partial charge in [-0.3, -0.25) is 14.3 Å². The minimum atomic E-state index is -1.04.